The number of aromatic amines is 1. The van der Waals surface area contributed by atoms with E-state index in [0.29, 0.717) is 28.3 Å². The van der Waals surface area contributed by atoms with Crippen molar-refractivity contribution in [1.82, 2.24) is 30.0 Å². The standard InChI is InChI=1S/C18H15FN6OS/c1-26-13-8-6-12(7-9-13)11-24-22-17(21-23-24)14-10-20-25(18(14)27)16-5-3-2-4-15(16)19/h2-10,20H,11H2,1H3. The predicted molar refractivity (Wildman–Crippen MR) is 99.8 cm³/mol. The number of benzene rings is 2. The number of hydrogen-bond acceptors (Lipinski definition) is 5. The maximum atomic E-state index is 14.0. The van der Waals surface area contributed by atoms with Crippen LogP contribution in [0.5, 0.6) is 5.75 Å². The van der Waals surface area contributed by atoms with E-state index in [-0.39, 0.29) is 5.82 Å². The number of nitrogens with one attached hydrogen (secondary N) is 1. The molecule has 0 aliphatic rings. The lowest BCUT2D eigenvalue weighted by atomic mass is 10.2. The van der Waals surface area contributed by atoms with Gasteiger partial charge >= 0.3 is 0 Å². The van der Waals surface area contributed by atoms with E-state index < -0.39 is 0 Å². The van der Waals surface area contributed by atoms with Gasteiger partial charge in [-0.3, -0.25) is 5.10 Å². The number of aromatic nitrogens is 6. The molecule has 2 heterocycles. The van der Waals surface area contributed by atoms with Crippen LogP contribution in [-0.2, 0) is 6.54 Å². The number of nitrogens with zero attached hydrogens (tertiary/aromatic N) is 5. The van der Waals surface area contributed by atoms with Crippen LogP contribution in [0.4, 0.5) is 4.39 Å². The Morgan fingerprint density at radius 2 is 1.93 bits per heavy atom. The molecular formula is C18H15FN6OS. The number of rotatable bonds is 5. The van der Waals surface area contributed by atoms with Gasteiger partial charge in [-0.1, -0.05) is 36.5 Å². The lowest BCUT2D eigenvalue weighted by Gasteiger charge is -2.03. The first-order valence-electron chi connectivity index (χ1n) is 8.12. The van der Waals surface area contributed by atoms with Gasteiger partial charge < -0.3 is 4.74 Å². The molecule has 7 nitrogen and oxygen atoms in total. The van der Waals surface area contributed by atoms with E-state index in [1.165, 1.54) is 15.5 Å². The Morgan fingerprint density at radius 3 is 2.67 bits per heavy atom. The molecule has 0 atom stereocenters. The van der Waals surface area contributed by atoms with Crippen molar-refractivity contribution < 1.29 is 9.13 Å². The average Bonchev–Trinajstić information content (AvgIpc) is 3.29. The maximum absolute atomic E-state index is 14.0. The van der Waals surface area contributed by atoms with Crippen LogP contribution >= 0.6 is 12.2 Å². The second kappa shape index (κ2) is 7.12. The molecule has 136 valence electrons. The molecule has 0 aliphatic carbocycles. The molecule has 2 aromatic carbocycles. The Balaban J connectivity index is 1.60. The number of para-hydroxylation sites is 1. The predicted octanol–water partition coefficient (Wildman–Crippen LogP) is 3.38. The molecule has 9 heteroatoms. The van der Waals surface area contributed by atoms with Crippen LogP contribution in [0.25, 0.3) is 17.1 Å². The molecular weight excluding hydrogens is 367 g/mol. The molecule has 0 unspecified atom stereocenters. The molecule has 4 aromatic rings. The zero-order valence-corrected chi connectivity index (χ0v) is 15.2. The minimum Gasteiger partial charge on any atom is -0.497 e. The van der Waals surface area contributed by atoms with Gasteiger partial charge in [0.15, 0.2) is 0 Å². The Bertz CT molecular complexity index is 1130. The molecule has 0 radical (unpaired) electrons. The highest BCUT2D eigenvalue weighted by atomic mass is 32.1. The third kappa shape index (κ3) is 3.36. The van der Waals surface area contributed by atoms with E-state index in [0.717, 1.165) is 11.3 Å². The molecule has 4 rings (SSSR count). The monoisotopic (exact) mass is 382 g/mol. The average molecular weight is 382 g/mol. The van der Waals surface area contributed by atoms with Gasteiger partial charge in [0.2, 0.25) is 5.82 Å². The zero-order valence-electron chi connectivity index (χ0n) is 14.3. The summed E-state index contributed by atoms with van der Waals surface area (Å²) in [6, 6.07) is 14.0. The maximum Gasteiger partial charge on any atom is 0.209 e. The Kier molecular flexibility index (Phi) is 4.51. The highest BCUT2D eigenvalue weighted by Crippen LogP contribution is 2.20. The van der Waals surface area contributed by atoms with E-state index in [1.54, 1.807) is 31.5 Å². The largest absolute Gasteiger partial charge is 0.497 e. The third-order valence-corrected chi connectivity index (χ3v) is 4.44. The molecule has 0 bridgehead atoms. The van der Waals surface area contributed by atoms with Crippen molar-refractivity contribution in [2.45, 2.75) is 6.54 Å². The quantitative estimate of drug-likeness (QED) is 0.536. The van der Waals surface area contributed by atoms with Crippen molar-refractivity contribution in [1.29, 1.82) is 0 Å². The summed E-state index contributed by atoms with van der Waals surface area (Å²) in [5.41, 5.74) is 1.92. The van der Waals surface area contributed by atoms with Crippen molar-refractivity contribution in [3.8, 4) is 22.8 Å². The fraction of sp³-hybridized carbons (Fsp3) is 0.111. The van der Waals surface area contributed by atoms with Gasteiger partial charge in [-0.15, -0.1) is 10.2 Å². The van der Waals surface area contributed by atoms with Crippen LogP contribution in [-0.4, -0.2) is 37.1 Å². The van der Waals surface area contributed by atoms with E-state index in [9.17, 15) is 4.39 Å². The van der Waals surface area contributed by atoms with Crippen LogP contribution in [0.1, 0.15) is 5.56 Å². The van der Waals surface area contributed by atoms with Crippen molar-refractivity contribution in [2.75, 3.05) is 7.11 Å². The number of halogens is 1. The number of H-pyrrole nitrogens is 1. The van der Waals surface area contributed by atoms with E-state index >= 15 is 0 Å². The second-order valence-electron chi connectivity index (χ2n) is 5.77. The minimum atomic E-state index is -0.377. The van der Waals surface area contributed by atoms with E-state index in [2.05, 4.69) is 20.5 Å². The lowest BCUT2D eigenvalue weighted by Crippen LogP contribution is -2.04. The highest BCUT2D eigenvalue weighted by molar-refractivity contribution is 7.71. The first-order chi connectivity index (χ1) is 13.2. The van der Waals surface area contributed by atoms with E-state index in [1.807, 2.05) is 24.3 Å². The fourth-order valence-corrected chi connectivity index (χ4v) is 2.96. The summed E-state index contributed by atoms with van der Waals surface area (Å²) in [6.45, 7) is 0.460. The Hall–Kier alpha value is -3.33. The smallest absolute Gasteiger partial charge is 0.209 e. The van der Waals surface area contributed by atoms with Crippen LogP contribution in [0.15, 0.2) is 54.7 Å². The zero-order chi connectivity index (χ0) is 18.8. The molecule has 1 N–H and O–H groups in total. The third-order valence-electron chi connectivity index (χ3n) is 4.04. The topological polar surface area (TPSA) is 73.5 Å². The van der Waals surface area contributed by atoms with Gasteiger partial charge in [-0.05, 0) is 35.0 Å². The summed E-state index contributed by atoms with van der Waals surface area (Å²) in [5.74, 6) is 0.782. The summed E-state index contributed by atoms with van der Waals surface area (Å²) >= 11 is 5.45. The van der Waals surface area contributed by atoms with Gasteiger partial charge in [-0.25, -0.2) is 9.07 Å². The van der Waals surface area contributed by atoms with Gasteiger partial charge in [0.1, 0.15) is 16.2 Å². The Morgan fingerprint density at radius 1 is 1.15 bits per heavy atom. The summed E-state index contributed by atoms with van der Waals surface area (Å²) in [5, 5.41) is 15.5. The summed E-state index contributed by atoms with van der Waals surface area (Å²) in [7, 11) is 1.62. The van der Waals surface area contributed by atoms with Gasteiger partial charge in [0, 0.05) is 6.20 Å². The van der Waals surface area contributed by atoms with Gasteiger partial charge in [0.05, 0.1) is 24.9 Å². The van der Waals surface area contributed by atoms with Crippen LogP contribution < -0.4 is 4.74 Å². The van der Waals surface area contributed by atoms with Crippen molar-refractivity contribution in [3.63, 3.8) is 0 Å². The Labute approximate surface area is 159 Å². The molecule has 0 aliphatic heterocycles. The molecule has 0 spiro atoms. The first kappa shape index (κ1) is 17.1. The molecule has 2 aromatic heterocycles. The molecule has 0 fully saturated rings. The van der Waals surface area contributed by atoms with Crippen molar-refractivity contribution in [3.05, 3.63) is 70.7 Å². The van der Waals surface area contributed by atoms with E-state index in [4.69, 9.17) is 17.0 Å². The summed E-state index contributed by atoms with van der Waals surface area (Å²) < 4.78 is 21.0. The van der Waals surface area contributed by atoms with Gasteiger partial charge in [0.25, 0.3) is 0 Å². The molecule has 27 heavy (non-hydrogen) atoms. The molecule has 0 saturated carbocycles. The summed E-state index contributed by atoms with van der Waals surface area (Å²) in [4.78, 5) is 1.48. The second-order valence-corrected chi connectivity index (χ2v) is 6.16. The molecule has 0 saturated heterocycles. The van der Waals surface area contributed by atoms with Crippen LogP contribution in [0.3, 0.4) is 0 Å². The highest BCUT2D eigenvalue weighted by Gasteiger charge is 2.14. The number of hydrogen-bond donors (Lipinski definition) is 1. The van der Waals surface area contributed by atoms with Crippen LogP contribution in [0, 0.1) is 10.5 Å². The molecule has 0 amide bonds. The first-order valence-corrected chi connectivity index (χ1v) is 8.53. The number of ether oxygens (including phenoxy) is 1. The SMILES string of the molecule is COc1ccc(Cn2nnc(-c3c[nH]n(-c4ccccc4F)c3=S)n2)cc1. The number of tetrazole rings is 1. The normalized spacial score (nSPS) is 10.9. The minimum absolute atomic E-state index is 0.333. The fourth-order valence-electron chi connectivity index (χ4n) is 2.65. The summed E-state index contributed by atoms with van der Waals surface area (Å²) in [6.07, 6.45) is 1.64. The lowest BCUT2D eigenvalue weighted by molar-refractivity contribution is 0.414. The van der Waals surface area contributed by atoms with Crippen molar-refractivity contribution in [2.24, 2.45) is 0 Å². The number of methoxy groups -OCH3 is 1. The van der Waals surface area contributed by atoms with Crippen molar-refractivity contribution >= 4 is 12.2 Å². The van der Waals surface area contributed by atoms with Crippen LogP contribution in [0.2, 0.25) is 0 Å². The van der Waals surface area contributed by atoms with Gasteiger partial charge in [-0.2, -0.15) is 4.80 Å².